The molecule has 0 bridgehead atoms. The number of nitrogens with one attached hydrogen (secondary N) is 1. The topological polar surface area (TPSA) is 29.9 Å². The van der Waals surface area contributed by atoms with E-state index in [1.165, 1.54) is 12.1 Å². The van der Waals surface area contributed by atoms with Crippen molar-refractivity contribution in [1.82, 2.24) is 15.1 Å². The third kappa shape index (κ3) is 3.08. The molecule has 0 aliphatic carbocycles. The quantitative estimate of drug-likeness (QED) is 0.872. The van der Waals surface area contributed by atoms with Gasteiger partial charge in [-0.3, -0.25) is 4.68 Å². The highest BCUT2D eigenvalue weighted by Crippen LogP contribution is 2.32. The van der Waals surface area contributed by atoms with Gasteiger partial charge in [0.05, 0.1) is 10.7 Å². The van der Waals surface area contributed by atoms with Crippen molar-refractivity contribution in [3.8, 4) is 0 Å². The minimum Gasteiger partial charge on any atom is -0.304 e. The number of benzene rings is 1. The summed E-state index contributed by atoms with van der Waals surface area (Å²) in [5, 5.41) is 7.86. The predicted octanol–water partition coefficient (Wildman–Crippen LogP) is 3.72. The summed E-state index contributed by atoms with van der Waals surface area (Å²) < 4.78 is 15.2. The fourth-order valence-electron chi connectivity index (χ4n) is 1.87. The van der Waals surface area contributed by atoms with Crippen molar-refractivity contribution in [3.05, 3.63) is 51.5 Å². The van der Waals surface area contributed by atoms with Gasteiger partial charge < -0.3 is 5.32 Å². The maximum absolute atomic E-state index is 13.5. The highest BCUT2D eigenvalue weighted by Gasteiger charge is 2.16. The van der Waals surface area contributed by atoms with E-state index in [1.807, 2.05) is 20.0 Å². The lowest BCUT2D eigenvalue weighted by Gasteiger charge is -2.17. The number of hydrogen-bond donors (Lipinski definition) is 1. The van der Waals surface area contributed by atoms with Crippen molar-refractivity contribution in [2.24, 2.45) is 7.05 Å². The Morgan fingerprint density at radius 1 is 1.37 bits per heavy atom. The van der Waals surface area contributed by atoms with Crippen molar-refractivity contribution in [2.75, 3.05) is 0 Å². The van der Waals surface area contributed by atoms with Crippen LogP contribution in [0.1, 0.15) is 24.2 Å². The molecule has 2 aromatic rings. The minimum absolute atomic E-state index is 0.0671. The van der Waals surface area contributed by atoms with E-state index in [4.69, 9.17) is 23.2 Å². The number of aromatic nitrogens is 2. The molecule has 102 valence electrons. The summed E-state index contributed by atoms with van der Waals surface area (Å²) >= 11 is 12.0. The first-order chi connectivity index (χ1) is 9.00. The number of hydrogen-bond acceptors (Lipinski definition) is 2. The highest BCUT2D eigenvalue weighted by molar-refractivity contribution is 6.36. The first kappa shape index (κ1) is 14.3. The van der Waals surface area contributed by atoms with Crippen molar-refractivity contribution < 1.29 is 4.39 Å². The zero-order valence-corrected chi connectivity index (χ0v) is 12.1. The molecule has 1 unspecified atom stereocenters. The van der Waals surface area contributed by atoms with Crippen LogP contribution in [-0.4, -0.2) is 9.78 Å². The van der Waals surface area contributed by atoms with Gasteiger partial charge in [-0.15, -0.1) is 0 Å². The van der Waals surface area contributed by atoms with Crippen LogP contribution in [0.4, 0.5) is 4.39 Å². The molecule has 3 nitrogen and oxygen atoms in total. The van der Waals surface area contributed by atoms with Crippen LogP contribution >= 0.6 is 23.2 Å². The van der Waals surface area contributed by atoms with Crippen LogP contribution < -0.4 is 5.32 Å². The summed E-state index contributed by atoms with van der Waals surface area (Å²) in [7, 11) is 1.86. The fourth-order valence-corrected chi connectivity index (χ4v) is 2.57. The van der Waals surface area contributed by atoms with Crippen molar-refractivity contribution in [1.29, 1.82) is 0 Å². The van der Waals surface area contributed by atoms with Crippen LogP contribution in [0, 0.1) is 5.82 Å². The van der Waals surface area contributed by atoms with E-state index in [2.05, 4.69) is 10.4 Å². The highest BCUT2D eigenvalue weighted by atomic mass is 35.5. The number of rotatable bonds is 4. The Bertz CT molecular complexity index is 583. The molecular formula is C13H14Cl2FN3. The van der Waals surface area contributed by atoms with Crippen LogP contribution in [0.2, 0.25) is 10.0 Å². The van der Waals surface area contributed by atoms with Crippen molar-refractivity contribution in [3.63, 3.8) is 0 Å². The lowest BCUT2D eigenvalue weighted by atomic mass is 10.1. The maximum atomic E-state index is 13.5. The molecule has 1 heterocycles. The second-order valence-corrected chi connectivity index (χ2v) is 5.09. The summed E-state index contributed by atoms with van der Waals surface area (Å²) in [5.41, 5.74) is 1.60. The van der Waals surface area contributed by atoms with Gasteiger partial charge in [0, 0.05) is 36.4 Å². The van der Waals surface area contributed by atoms with E-state index in [1.54, 1.807) is 10.9 Å². The molecule has 0 radical (unpaired) electrons. The lowest BCUT2D eigenvalue weighted by molar-refractivity contribution is 0.543. The molecule has 6 heteroatoms. The molecular weight excluding hydrogens is 288 g/mol. The molecule has 2 rings (SSSR count). The van der Waals surface area contributed by atoms with E-state index in [0.717, 1.165) is 5.69 Å². The minimum atomic E-state index is -0.463. The first-order valence-electron chi connectivity index (χ1n) is 5.84. The third-order valence-corrected chi connectivity index (χ3v) is 3.74. The second kappa shape index (κ2) is 5.90. The molecule has 0 spiro atoms. The van der Waals surface area contributed by atoms with Gasteiger partial charge in [-0.1, -0.05) is 23.2 Å². The largest absolute Gasteiger partial charge is 0.304 e. The van der Waals surface area contributed by atoms with Crippen LogP contribution in [0.5, 0.6) is 0 Å². The monoisotopic (exact) mass is 301 g/mol. The molecule has 1 atom stereocenters. The SMILES string of the molecule is CC(NCc1ccnn1C)c1c(Cl)ccc(F)c1Cl. The Labute approximate surface area is 121 Å². The Kier molecular flexibility index (Phi) is 4.45. The Hall–Kier alpha value is -1.10. The molecule has 0 saturated heterocycles. The van der Waals surface area contributed by atoms with E-state index in [-0.39, 0.29) is 11.1 Å². The van der Waals surface area contributed by atoms with Gasteiger partial charge in [-0.25, -0.2) is 4.39 Å². The molecule has 19 heavy (non-hydrogen) atoms. The van der Waals surface area contributed by atoms with Crippen LogP contribution in [-0.2, 0) is 13.6 Å². The van der Waals surface area contributed by atoms with Gasteiger partial charge in [0.25, 0.3) is 0 Å². The maximum Gasteiger partial charge on any atom is 0.142 e. The van der Waals surface area contributed by atoms with E-state index >= 15 is 0 Å². The molecule has 0 aliphatic rings. The van der Waals surface area contributed by atoms with Crippen molar-refractivity contribution in [2.45, 2.75) is 19.5 Å². The molecule has 1 aromatic carbocycles. The number of nitrogens with zero attached hydrogens (tertiary/aromatic N) is 2. The van der Waals surface area contributed by atoms with E-state index in [9.17, 15) is 4.39 Å². The van der Waals surface area contributed by atoms with E-state index < -0.39 is 5.82 Å². The van der Waals surface area contributed by atoms with Gasteiger partial charge in [0.1, 0.15) is 5.82 Å². The molecule has 0 fully saturated rings. The third-order valence-electron chi connectivity index (χ3n) is 3.02. The Morgan fingerprint density at radius 3 is 2.74 bits per heavy atom. The van der Waals surface area contributed by atoms with Crippen LogP contribution in [0.25, 0.3) is 0 Å². The number of halogens is 3. The normalized spacial score (nSPS) is 12.7. The van der Waals surface area contributed by atoms with Gasteiger partial charge in [-0.2, -0.15) is 5.10 Å². The molecule has 0 amide bonds. The molecule has 1 N–H and O–H groups in total. The zero-order valence-electron chi connectivity index (χ0n) is 10.6. The summed E-state index contributed by atoms with van der Waals surface area (Å²) in [4.78, 5) is 0. The van der Waals surface area contributed by atoms with Gasteiger partial charge in [-0.05, 0) is 25.1 Å². The molecule has 0 saturated carbocycles. The summed E-state index contributed by atoms with van der Waals surface area (Å²) in [6, 6.07) is 4.53. The Morgan fingerprint density at radius 2 is 2.11 bits per heavy atom. The van der Waals surface area contributed by atoms with Crippen LogP contribution in [0.15, 0.2) is 24.4 Å². The predicted molar refractivity (Wildman–Crippen MR) is 74.9 cm³/mol. The van der Waals surface area contributed by atoms with Gasteiger partial charge in [0.15, 0.2) is 0 Å². The smallest absolute Gasteiger partial charge is 0.142 e. The Balaban J connectivity index is 2.14. The second-order valence-electron chi connectivity index (χ2n) is 4.31. The average Bonchev–Trinajstić information content (AvgIpc) is 2.77. The summed E-state index contributed by atoms with van der Waals surface area (Å²) in [5.74, 6) is -0.463. The molecule has 1 aromatic heterocycles. The van der Waals surface area contributed by atoms with Crippen LogP contribution in [0.3, 0.4) is 0 Å². The lowest BCUT2D eigenvalue weighted by Crippen LogP contribution is -2.20. The van der Waals surface area contributed by atoms with Crippen molar-refractivity contribution >= 4 is 23.2 Å². The molecule has 0 aliphatic heterocycles. The summed E-state index contributed by atoms with van der Waals surface area (Å²) in [6.45, 7) is 2.49. The fraction of sp³-hybridized carbons (Fsp3) is 0.308. The zero-order chi connectivity index (χ0) is 14.0. The number of aryl methyl sites for hydroxylation is 1. The van der Waals surface area contributed by atoms with Gasteiger partial charge in [0.2, 0.25) is 0 Å². The standard InChI is InChI=1S/C13H14Cl2FN3/c1-8(17-7-9-5-6-18-19(9)2)12-10(14)3-4-11(16)13(12)15/h3-6,8,17H,7H2,1-2H3. The van der Waals surface area contributed by atoms with Gasteiger partial charge >= 0.3 is 0 Å². The average molecular weight is 302 g/mol. The first-order valence-corrected chi connectivity index (χ1v) is 6.60. The summed E-state index contributed by atoms with van der Waals surface area (Å²) in [6.07, 6.45) is 1.73. The van der Waals surface area contributed by atoms with E-state index in [0.29, 0.717) is 17.1 Å².